The number of hydrogen-bond acceptors (Lipinski definition) is 5. The number of sulfone groups is 1. The Morgan fingerprint density at radius 1 is 0.850 bits per heavy atom. The average Bonchev–Trinajstić information content (AvgIpc) is 3.08. The number of amides is 1. The van der Waals surface area contributed by atoms with Crippen LogP contribution in [0, 0.1) is 0 Å². The van der Waals surface area contributed by atoms with Crippen molar-refractivity contribution in [1.82, 2.24) is 14.7 Å². The van der Waals surface area contributed by atoms with Crippen LogP contribution in [0.25, 0.3) is 0 Å². The van der Waals surface area contributed by atoms with Gasteiger partial charge in [-0.1, -0.05) is 0 Å². The number of nitrogens with zero attached hydrogens (tertiary/aromatic N) is 3. The molecule has 0 N–H and O–H groups in total. The van der Waals surface area contributed by atoms with Gasteiger partial charge >= 0.3 is 0 Å². The van der Waals surface area contributed by atoms with Gasteiger partial charge in [0.25, 0.3) is 0 Å². The molecule has 3 fully saturated rings. The molecule has 0 aromatic carbocycles. The van der Waals surface area contributed by atoms with Crippen LogP contribution in [0.3, 0.4) is 0 Å². The van der Waals surface area contributed by atoms with E-state index in [0.29, 0.717) is 30.5 Å². The molecule has 0 unspecified atom stereocenters. The lowest BCUT2D eigenvalue weighted by molar-refractivity contribution is -0.126. The molecule has 0 radical (unpaired) electrons. The summed E-state index contributed by atoms with van der Waals surface area (Å²) in [6, 6.07) is 0. The predicted octanol–water partition coefficient (Wildman–Crippen LogP) is -0.483. The molecule has 0 aliphatic carbocycles. The largest absolute Gasteiger partial charge is 0.346 e. The molecular weight excluding hydrogens is 278 g/mol. The van der Waals surface area contributed by atoms with E-state index in [1.54, 1.807) is 4.90 Å². The van der Waals surface area contributed by atoms with Crippen LogP contribution >= 0.6 is 0 Å². The Morgan fingerprint density at radius 2 is 1.30 bits per heavy atom. The van der Waals surface area contributed by atoms with E-state index >= 15 is 0 Å². The first-order valence-electron chi connectivity index (χ1n) is 7.11. The van der Waals surface area contributed by atoms with Crippen LogP contribution in [0.2, 0.25) is 0 Å². The summed E-state index contributed by atoms with van der Waals surface area (Å²) >= 11 is 0. The summed E-state index contributed by atoms with van der Waals surface area (Å²) < 4.78 is 21.5. The van der Waals surface area contributed by atoms with Crippen molar-refractivity contribution >= 4 is 15.7 Å². The maximum Gasteiger partial charge on any atom is 0.222 e. The Balaban J connectivity index is 0.000000161. The van der Waals surface area contributed by atoms with Crippen LogP contribution in [0.4, 0.5) is 0 Å². The molecule has 0 atom stereocenters. The van der Waals surface area contributed by atoms with Gasteiger partial charge in [-0.15, -0.1) is 0 Å². The minimum absolute atomic E-state index is 0.292. The molecule has 0 aromatic rings. The number of likely N-dealkylation sites (tertiary alicyclic amines) is 1. The molecule has 3 rings (SSSR count). The van der Waals surface area contributed by atoms with Gasteiger partial charge < -0.3 is 14.7 Å². The van der Waals surface area contributed by atoms with Crippen molar-refractivity contribution in [3.05, 3.63) is 0 Å². The Bertz CT molecular complexity index is 393. The number of hydrogen-bond donors (Lipinski definition) is 0. The maximum absolute atomic E-state index is 10.8. The standard InChI is InChI=1S/C5H11NO2S.C5H9NO.C3H7N/c1-6-2-4-9(7,8)5-3-6;1-6-4-2-3-5(6)7;1-4-2-3-4/h2-5H2,1H3;2-4H2,1H3;2-3H2,1H3. The molecule has 7 heteroatoms. The van der Waals surface area contributed by atoms with Crippen LogP contribution < -0.4 is 0 Å². The zero-order chi connectivity index (χ0) is 15.2. The van der Waals surface area contributed by atoms with Gasteiger partial charge in [0.05, 0.1) is 11.5 Å². The van der Waals surface area contributed by atoms with Gasteiger partial charge in [0.1, 0.15) is 0 Å². The van der Waals surface area contributed by atoms with Crippen molar-refractivity contribution in [2.45, 2.75) is 12.8 Å². The summed E-state index contributed by atoms with van der Waals surface area (Å²) in [5, 5.41) is 0. The Labute approximate surface area is 122 Å². The number of carbonyl (C=O) groups excluding carboxylic acids is 1. The van der Waals surface area contributed by atoms with Crippen molar-refractivity contribution in [2.75, 3.05) is 65.4 Å². The minimum atomic E-state index is -2.66. The monoisotopic (exact) mass is 305 g/mol. The molecule has 0 bridgehead atoms. The average molecular weight is 305 g/mol. The fourth-order valence-electron chi connectivity index (χ4n) is 1.69. The molecule has 3 aliphatic rings. The molecule has 3 saturated heterocycles. The third kappa shape index (κ3) is 7.81. The van der Waals surface area contributed by atoms with E-state index in [1.807, 2.05) is 19.0 Å². The lowest BCUT2D eigenvalue weighted by Crippen LogP contribution is -2.37. The van der Waals surface area contributed by atoms with Crippen molar-refractivity contribution in [1.29, 1.82) is 0 Å². The molecule has 0 aromatic heterocycles. The second-order valence-corrected chi connectivity index (χ2v) is 7.98. The zero-order valence-corrected chi connectivity index (χ0v) is 13.7. The van der Waals surface area contributed by atoms with Gasteiger partial charge in [-0.05, 0) is 20.5 Å². The van der Waals surface area contributed by atoms with Crippen molar-refractivity contribution in [3.63, 3.8) is 0 Å². The van der Waals surface area contributed by atoms with E-state index in [1.165, 1.54) is 13.1 Å². The lowest BCUT2D eigenvalue weighted by Gasteiger charge is -2.21. The normalized spacial score (nSPS) is 25.4. The van der Waals surface area contributed by atoms with Crippen molar-refractivity contribution in [3.8, 4) is 0 Å². The van der Waals surface area contributed by atoms with E-state index in [0.717, 1.165) is 19.4 Å². The third-order valence-electron chi connectivity index (χ3n) is 3.55. The summed E-state index contributed by atoms with van der Waals surface area (Å²) in [5.74, 6) is 0.965. The first-order chi connectivity index (χ1) is 9.30. The number of rotatable bonds is 0. The summed E-state index contributed by atoms with van der Waals surface area (Å²) in [6.45, 7) is 4.99. The smallest absolute Gasteiger partial charge is 0.222 e. The Morgan fingerprint density at radius 3 is 1.50 bits per heavy atom. The van der Waals surface area contributed by atoms with E-state index in [2.05, 4.69) is 11.9 Å². The molecular formula is C13H27N3O3S. The summed E-state index contributed by atoms with van der Waals surface area (Å²) in [5.41, 5.74) is 0. The van der Waals surface area contributed by atoms with Crippen LogP contribution in [0.5, 0.6) is 0 Å². The fraction of sp³-hybridized carbons (Fsp3) is 0.923. The SMILES string of the molecule is CN1CC1.CN1CCCC1=O.CN1CCS(=O)(=O)CC1. The second kappa shape index (κ2) is 7.95. The van der Waals surface area contributed by atoms with E-state index in [9.17, 15) is 13.2 Å². The fourth-order valence-corrected chi connectivity index (χ4v) is 3.07. The zero-order valence-electron chi connectivity index (χ0n) is 12.8. The molecule has 6 nitrogen and oxygen atoms in total. The van der Waals surface area contributed by atoms with Crippen LogP contribution in [-0.2, 0) is 14.6 Å². The highest BCUT2D eigenvalue weighted by Crippen LogP contribution is 2.04. The van der Waals surface area contributed by atoms with Gasteiger partial charge in [0.2, 0.25) is 5.91 Å². The van der Waals surface area contributed by atoms with E-state index in [4.69, 9.17) is 0 Å². The molecule has 0 spiro atoms. The first kappa shape index (κ1) is 17.4. The molecule has 118 valence electrons. The quantitative estimate of drug-likeness (QED) is 0.566. The van der Waals surface area contributed by atoms with Gasteiger partial charge in [-0.3, -0.25) is 4.79 Å². The topological polar surface area (TPSA) is 60.7 Å². The van der Waals surface area contributed by atoms with Crippen molar-refractivity contribution < 1.29 is 13.2 Å². The van der Waals surface area contributed by atoms with Crippen LogP contribution in [0.15, 0.2) is 0 Å². The van der Waals surface area contributed by atoms with E-state index in [-0.39, 0.29) is 0 Å². The Kier molecular flexibility index (Phi) is 6.91. The van der Waals surface area contributed by atoms with Gasteiger partial charge in [-0.25, -0.2) is 8.42 Å². The van der Waals surface area contributed by atoms with Gasteiger partial charge in [0, 0.05) is 46.2 Å². The molecule has 3 aliphatic heterocycles. The summed E-state index contributed by atoms with van der Waals surface area (Å²) in [7, 11) is 3.24. The summed E-state index contributed by atoms with van der Waals surface area (Å²) in [6.07, 6.45) is 1.81. The highest BCUT2D eigenvalue weighted by molar-refractivity contribution is 7.91. The van der Waals surface area contributed by atoms with E-state index < -0.39 is 9.84 Å². The highest BCUT2D eigenvalue weighted by Gasteiger charge is 2.18. The number of likely N-dealkylation sites (N-methyl/N-ethyl adjacent to an activating group) is 1. The van der Waals surface area contributed by atoms with Crippen LogP contribution in [0.1, 0.15) is 12.8 Å². The third-order valence-corrected chi connectivity index (χ3v) is 5.16. The first-order valence-corrected chi connectivity index (χ1v) is 8.94. The lowest BCUT2D eigenvalue weighted by atomic mass is 10.4. The highest BCUT2D eigenvalue weighted by atomic mass is 32.2. The predicted molar refractivity (Wildman–Crippen MR) is 80.5 cm³/mol. The van der Waals surface area contributed by atoms with Crippen molar-refractivity contribution in [2.24, 2.45) is 0 Å². The minimum Gasteiger partial charge on any atom is -0.346 e. The summed E-state index contributed by atoms with van der Waals surface area (Å²) in [4.78, 5) is 16.5. The molecule has 1 amide bonds. The van der Waals surface area contributed by atoms with Gasteiger partial charge in [-0.2, -0.15) is 0 Å². The van der Waals surface area contributed by atoms with Crippen LogP contribution in [-0.4, -0.2) is 94.4 Å². The molecule has 0 saturated carbocycles. The maximum atomic E-state index is 10.8. The Hall–Kier alpha value is -0.660. The molecule has 20 heavy (non-hydrogen) atoms. The second-order valence-electron chi connectivity index (χ2n) is 5.68. The number of carbonyl (C=O) groups is 1. The van der Waals surface area contributed by atoms with Gasteiger partial charge in [0.15, 0.2) is 9.84 Å². The molecule has 3 heterocycles.